The lowest BCUT2D eigenvalue weighted by molar-refractivity contribution is 0.0653. The molecule has 2 atom stereocenters. The van der Waals surface area contributed by atoms with Crippen LogP contribution in [-0.2, 0) is 11.3 Å². The topological polar surface area (TPSA) is 66.0 Å². The molecule has 2 heterocycles. The van der Waals surface area contributed by atoms with E-state index in [1.807, 2.05) is 12.3 Å². The zero-order chi connectivity index (χ0) is 12.5. The number of rotatable bonds is 3. The number of methoxy groups -OCH3 is 1. The molecule has 0 saturated heterocycles. The third kappa shape index (κ3) is 1.84. The summed E-state index contributed by atoms with van der Waals surface area (Å²) in [5.41, 5.74) is 6.76. The average molecular weight is 246 g/mol. The van der Waals surface area contributed by atoms with Crippen LogP contribution < -0.4 is 5.73 Å². The van der Waals surface area contributed by atoms with E-state index in [2.05, 4.69) is 14.5 Å². The van der Waals surface area contributed by atoms with Crippen LogP contribution in [0.4, 0.5) is 5.82 Å². The number of aromatic nitrogens is 3. The molecule has 0 bridgehead atoms. The zero-order valence-corrected chi connectivity index (χ0v) is 10.5. The normalized spacial score (nSPS) is 23.8. The largest absolute Gasteiger partial charge is 0.383 e. The SMILES string of the molecule is COC1CCCC1Cn1ccc2c(N)ncnc21. The number of nitrogens with zero attached hydrogens (tertiary/aromatic N) is 3. The summed E-state index contributed by atoms with van der Waals surface area (Å²) >= 11 is 0. The summed E-state index contributed by atoms with van der Waals surface area (Å²) in [5.74, 6) is 1.12. The molecule has 0 radical (unpaired) electrons. The van der Waals surface area contributed by atoms with E-state index in [9.17, 15) is 0 Å². The molecule has 1 aliphatic carbocycles. The summed E-state index contributed by atoms with van der Waals surface area (Å²) in [6.07, 6.45) is 7.58. The third-order valence-corrected chi connectivity index (χ3v) is 3.91. The molecular weight excluding hydrogens is 228 g/mol. The van der Waals surface area contributed by atoms with E-state index in [0.29, 0.717) is 17.8 Å². The Hall–Kier alpha value is -1.62. The van der Waals surface area contributed by atoms with Crippen LogP contribution in [0.1, 0.15) is 19.3 Å². The lowest BCUT2D eigenvalue weighted by atomic mass is 10.1. The van der Waals surface area contributed by atoms with Gasteiger partial charge < -0.3 is 15.0 Å². The molecule has 0 amide bonds. The second-order valence-corrected chi connectivity index (χ2v) is 4.93. The molecular formula is C13H18N4O. The molecule has 0 spiro atoms. The molecule has 5 heteroatoms. The molecule has 96 valence electrons. The monoisotopic (exact) mass is 246 g/mol. The molecule has 1 saturated carbocycles. The highest BCUT2D eigenvalue weighted by Gasteiger charge is 2.27. The van der Waals surface area contributed by atoms with Gasteiger partial charge in [0.05, 0.1) is 11.5 Å². The molecule has 2 aromatic rings. The Morgan fingerprint density at radius 3 is 3.17 bits per heavy atom. The van der Waals surface area contributed by atoms with E-state index in [0.717, 1.165) is 24.0 Å². The van der Waals surface area contributed by atoms with Crippen molar-refractivity contribution in [1.82, 2.24) is 14.5 Å². The molecule has 2 N–H and O–H groups in total. The molecule has 0 aliphatic heterocycles. The van der Waals surface area contributed by atoms with Crippen molar-refractivity contribution in [3.8, 4) is 0 Å². The van der Waals surface area contributed by atoms with Crippen LogP contribution in [0.15, 0.2) is 18.6 Å². The molecule has 18 heavy (non-hydrogen) atoms. The Morgan fingerprint density at radius 2 is 2.33 bits per heavy atom. The molecule has 3 rings (SSSR count). The van der Waals surface area contributed by atoms with E-state index in [1.165, 1.54) is 19.2 Å². The van der Waals surface area contributed by atoms with Crippen LogP contribution in [0.25, 0.3) is 11.0 Å². The van der Waals surface area contributed by atoms with Crippen molar-refractivity contribution >= 4 is 16.9 Å². The van der Waals surface area contributed by atoms with Gasteiger partial charge in [-0.2, -0.15) is 0 Å². The van der Waals surface area contributed by atoms with Crippen LogP contribution in [0.2, 0.25) is 0 Å². The van der Waals surface area contributed by atoms with E-state index < -0.39 is 0 Å². The lowest BCUT2D eigenvalue weighted by Gasteiger charge is -2.18. The van der Waals surface area contributed by atoms with E-state index in [1.54, 1.807) is 7.11 Å². The summed E-state index contributed by atoms with van der Waals surface area (Å²) in [5, 5.41) is 0.935. The van der Waals surface area contributed by atoms with Crippen LogP contribution in [0, 0.1) is 5.92 Å². The summed E-state index contributed by atoms with van der Waals surface area (Å²) < 4.78 is 7.70. The van der Waals surface area contributed by atoms with Crippen molar-refractivity contribution in [3.63, 3.8) is 0 Å². The summed E-state index contributed by atoms with van der Waals surface area (Å²) in [6, 6.07) is 1.99. The highest BCUT2D eigenvalue weighted by atomic mass is 16.5. The second kappa shape index (κ2) is 4.57. The van der Waals surface area contributed by atoms with Gasteiger partial charge in [0.15, 0.2) is 0 Å². The number of nitrogen functional groups attached to an aromatic ring is 1. The number of anilines is 1. The molecule has 1 fully saturated rings. The van der Waals surface area contributed by atoms with Crippen molar-refractivity contribution in [2.75, 3.05) is 12.8 Å². The highest BCUT2D eigenvalue weighted by molar-refractivity contribution is 5.85. The Bertz CT molecular complexity index is 551. The molecule has 2 unspecified atom stereocenters. The number of hydrogen-bond donors (Lipinski definition) is 1. The minimum absolute atomic E-state index is 0.377. The summed E-state index contributed by atoms with van der Waals surface area (Å²) in [4.78, 5) is 8.34. The van der Waals surface area contributed by atoms with Crippen LogP contribution in [-0.4, -0.2) is 27.7 Å². The third-order valence-electron chi connectivity index (χ3n) is 3.91. The van der Waals surface area contributed by atoms with Crippen molar-refractivity contribution < 1.29 is 4.74 Å². The van der Waals surface area contributed by atoms with Gasteiger partial charge in [0, 0.05) is 25.8 Å². The number of ether oxygens (including phenoxy) is 1. The first-order valence-electron chi connectivity index (χ1n) is 6.37. The first kappa shape index (κ1) is 11.5. The Labute approximate surface area is 106 Å². The van der Waals surface area contributed by atoms with Crippen molar-refractivity contribution in [2.45, 2.75) is 31.9 Å². The molecule has 0 aromatic carbocycles. The van der Waals surface area contributed by atoms with Gasteiger partial charge in [-0.1, -0.05) is 6.42 Å². The number of fused-ring (bicyclic) bond motifs is 1. The predicted octanol–water partition coefficient (Wildman–Crippen LogP) is 1.83. The van der Waals surface area contributed by atoms with Gasteiger partial charge >= 0.3 is 0 Å². The van der Waals surface area contributed by atoms with Crippen molar-refractivity contribution in [2.24, 2.45) is 5.92 Å². The van der Waals surface area contributed by atoms with E-state index in [4.69, 9.17) is 10.5 Å². The summed E-state index contributed by atoms with van der Waals surface area (Å²) in [6.45, 7) is 0.943. The van der Waals surface area contributed by atoms with Gasteiger partial charge in [-0.25, -0.2) is 9.97 Å². The smallest absolute Gasteiger partial charge is 0.145 e. The maximum atomic E-state index is 5.84. The van der Waals surface area contributed by atoms with E-state index >= 15 is 0 Å². The fraction of sp³-hybridized carbons (Fsp3) is 0.538. The second-order valence-electron chi connectivity index (χ2n) is 4.93. The Morgan fingerprint density at radius 1 is 1.44 bits per heavy atom. The quantitative estimate of drug-likeness (QED) is 0.897. The van der Waals surface area contributed by atoms with Crippen molar-refractivity contribution in [1.29, 1.82) is 0 Å². The first-order valence-corrected chi connectivity index (χ1v) is 6.37. The Kier molecular flexibility index (Phi) is 2.91. The van der Waals surface area contributed by atoms with Gasteiger partial charge in [0.2, 0.25) is 0 Å². The standard InChI is InChI=1S/C13H18N4O/c1-18-11-4-2-3-9(11)7-17-6-5-10-12(14)15-8-16-13(10)17/h5-6,8-9,11H,2-4,7H2,1H3,(H2,14,15,16). The maximum absolute atomic E-state index is 5.84. The Balaban J connectivity index is 1.89. The predicted molar refractivity (Wildman–Crippen MR) is 70.1 cm³/mol. The minimum Gasteiger partial charge on any atom is -0.383 e. The van der Waals surface area contributed by atoms with Crippen LogP contribution in [0.3, 0.4) is 0 Å². The molecule has 5 nitrogen and oxygen atoms in total. The minimum atomic E-state index is 0.377. The van der Waals surface area contributed by atoms with Gasteiger partial charge in [-0.15, -0.1) is 0 Å². The number of nitrogens with two attached hydrogens (primary N) is 1. The molecule has 2 aromatic heterocycles. The first-order chi connectivity index (χ1) is 8.79. The maximum Gasteiger partial charge on any atom is 0.145 e. The average Bonchev–Trinajstić information content (AvgIpc) is 2.98. The van der Waals surface area contributed by atoms with Crippen LogP contribution in [0.5, 0.6) is 0 Å². The van der Waals surface area contributed by atoms with Crippen LogP contribution >= 0.6 is 0 Å². The lowest BCUT2D eigenvalue weighted by Crippen LogP contribution is -2.21. The fourth-order valence-corrected chi connectivity index (χ4v) is 2.95. The van der Waals surface area contributed by atoms with Gasteiger partial charge in [-0.05, 0) is 18.9 Å². The zero-order valence-electron chi connectivity index (χ0n) is 10.5. The summed E-state index contributed by atoms with van der Waals surface area (Å²) in [7, 11) is 1.80. The van der Waals surface area contributed by atoms with Gasteiger partial charge in [-0.3, -0.25) is 0 Å². The van der Waals surface area contributed by atoms with Crippen molar-refractivity contribution in [3.05, 3.63) is 18.6 Å². The molecule has 1 aliphatic rings. The van der Waals surface area contributed by atoms with Gasteiger partial charge in [0.1, 0.15) is 17.8 Å². The number of hydrogen-bond acceptors (Lipinski definition) is 4. The van der Waals surface area contributed by atoms with E-state index in [-0.39, 0.29) is 0 Å². The van der Waals surface area contributed by atoms with Gasteiger partial charge in [0.25, 0.3) is 0 Å². The highest BCUT2D eigenvalue weighted by Crippen LogP contribution is 2.30. The fourth-order valence-electron chi connectivity index (χ4n) is 2.95.